The standard InChI is InChI=1S/C15H12O5/c16-10-6-7-11(12(17)8-10)14(18)13(15(19)20)9-4-2-1-3-5-9/h1-8,13,16-17H,(H,19,20). The summed E-state index contributed by atoms with van der Waals surface area (Å²) in [7, 11) is 0. The Labute approximate surface area is 114 Å². The van der Waals surface area contributed by atoms with Crippen molar-refractivity contribution in [2.75, 3.05) is 0 Å². The largest absolute Gasteiger partial charge is 0.508 e. The van der Waals surface area contributed by atoms with Crippen LogP contribution in [0.25, 0.3) is 0 Å². The third-order valence-corrected chi connectivity index (χ3v) is 2.89. The van der Waals surface area contributed by atoms with Crippen LogP contribution < -0.4 is 0 Å². The second-order valence-corrected chi connectivity index (χ2v) is 4.25. The number of aromatic hydroxyl groups is 2. The fourth-order valence-corrected chi connectivity index (χ4v) is 1.94. The van der Waals surface area contributed by atoms with Crippen LogP contribution in [-0.2, 0) is 4.79 Å². The van der Waals surface area contributed by atoms with Crippen molar-refractivity contribution in [2.45, 2.75) is 5.92 Å². The van der Waals surface area contributed by atoms with E-state index in [1.807, 2.05) is 0 Å². The van der Waals surface area contributed by atoms with Gasteiger partial charge in [0.25, 0.3) is 0 Å². The molecule has 2 rings (SSSR count). The number of phenols is 2. The number of hydrogen-bond acceptors (Lipinski definition) is 4. The van der Waals surface area contributed by atoms with Crippen molar-refractivity contribution in [3.63, 3.8) is 0 Å². The Bertz CT molecular complexity index is 649. The molecule has 0 aromatic heterocycles. The number of phenolic OH excluding ortho intramolecular Hbond substituents is 2. The molecule has 20 heavy (non-hydrogen) atoms. The molecule has 0 aliphatic heterocycles. The Morgan fingerprint density at radius 3 is 2.15 bits per heavy atom. The third-order valence-electron chi connectivity index (χ3n) is 2.89. The molecule has 0 saturated carbocycles. The number of ketones is 1. The first kappa shape index (κ1) is 13.6. The first-order valence-corrected chi connectivity index (χ1v) is 5.84. The van der Waals surface area contributed by atoms with Crippen LogP contribution in [0.15, 0.2) is 48.5 Å². The van der Waals surface area contributed by atoms with Gasteiger partial charge in [0.2, 0.25) is 0 Å². The number of benzene rings is 2. The lowest BCUT2D eigenvalue weighted by Gasteiger charge is -2.12. The smallest absolute Gasteiger partial charge is 0.318 e. The molecule has 0 aliphatic rings. The van der Waals surface area contributed by atoms with Crippen LogP contribution in [0.1, 0.15) is 21.8 Å². The third kappa shape index (κ3) is 2.61. The van der Waals surface area contributed by atoms with E-state index in [-0.39, 0.29) is 11.3 Å². The van der Waals surface area contributed by atoms with E-state index in [0.717, 1.165) is 6.07 Å². The Hall–Kier alpha value is -2.82. The highest BCUT2D eigenvalue weighted by molar-refractivity contribution is 6.13. The molecule has 0 bridgehead atoms. The number of carboxylic acids is 1. The maximum atomic E-state index is 12.3. The van der Waals surface area contributed by atoms with Gasteiger partial charge in [0.1, 0.15) is 17.4 Å². The van der Waals surface area contributed by atoms with E-state index in [2.05, 4.69) is 0 Å². The highest BCUT2D eigenvalue weighted by atomic mass is 16.4. The molecule has 0 amide bonds. The van der Waals surface area contributed by atoms with Crippen molar-refractivity contribution in [1.82, 2.24) is 0 Å². The monoisotopic (exact) mass is 272 g/mol. The van der Waals surface area contributed by atoms with Crippen molar-refractivity contribution in [3.05, 3.63) is 59.7 Å². The van der Waals surface area contributed by atoms with Gasteiger partial charge < -0.3 is 15.3 Å². The molecular weight excluding hydrogens is 260 g/mol. The SMILES string of the molecule is O=C(O)C(C(=O)c1ccc(O)cc1O)c1ccccc1. The van der Waals surface area contributed by atoms with Crippen LogP contribution in [0.2, 0.25) is 0 Å². The average Bonchev–Trinajstić information content (AvgIpc) is 2.39. The number of carbonyl (C=O) groups excluding carboxylic acids is 1. The van der Waals surface area contributed by atoms with Gasteiger partial charge >= 0.3 is 5.97 Å². The molecule has 2 aromatic carbocycles. The predicted octanol–water partition coefficient (Wildman–Crippen LogP) is 2.15. The molecule has 0 heterocycles. The molecular formula is C15H12O5. The fraction of sp³-hybridized carbons (Fsp3) is 0.0667. The van der Waals surface area contributed by atoms with E-state index in [0.29, 0.717) is 5.56 Å². The summed E-state index contributed by atoms with van der Waals surface area (Å²) in [4.78, 5) is 23.6. The maximum absolute atomic E-state index is 12.3. The predicted molar refractivity (Wildman–Crippen MR) is 70.9 cm³/mol. The molecule has 1 atom stereocenters. The van der Waals surface area contributed by atoms with Gasteiger partial charge in [-0.05, 0) is 17.7 Å². The Morgan fingerprint density at radius 1 is 0.950 bits per heavy atom. The van der Waals surface area contributed by atoms with Gasteiger partial charge in [-0.1, -0.05) is 30.3 Å². The molecule has 1 unspecified atom stereocenters. The minimum Gasteiger partial charge on any atom is -0.508 e. The lowest BCUT2D eigenvalue weighted by molar-refractivity contribution is -0.137. The molecule has 3 N–H and O–H groups in total. The first-order chi connectivity index (χ1) is 9.50. The maximum Gasteiger partial charge on any atom is 0.318 e. The topological polar surface area (TPSA) is 94.8 Å². The van der Waals surface area contributed by atoms with Crippen LogP contribution in [0.5, 0.6) is 11.5 Å². The molecule has 0 fully saturated rings. The molecule has 2 aromatic rings. The van der Waals surface area contributed by atoms with Crippen LogP contribution in [0.3, 0.4) is 0 Å². The zero-order valence-corrected chi connectivity index (χ0v) is 10.4. The second-order valence-electron chi connectivity index (χ2n) is 4.25. The Balaban J connectivity index is 2.45. The summed E-state index contributed by atoms with van der Waals surface area (Å²) in [5.74, 6) is -4.08. The summed E-state index contributed by atoms with van der Waals surface area (Å²) in [5, 5.41) is 28.1. The van der Waals surface area contributed by atoms with Crippen LogP contribution in [0.4, 0.5) is 0 Å². The molecule has 5 heteroatoms. The minimum absolute atomic E-state index is 0.140. The molecule has 0 radical (unpaired) electrons. The van der Waals surface area contributed by atoms with E-state index in [4.69, 9.17) is 0 Å². The molecule has 0 aliphatic carbocycles. The van der Waals surface area contributed by atoms with Gasteiger partial charge in [-0.3, -0.25) is 9.59 Å². The number of hydrogen-bond donors (Lipinski definition) is 3. The second kappa shape index (κ2) is 5.44. The van der Waals surface area contributed by atoms with Gasteiger partial charge in [0.05, 0.1) is 5.56 Å². The number of carbonyl (C=O) groups is 2. The van der Waals surface area contributed by atoms with Crippen LogP contribution in [0, 0.1) is 0 Å². The highest BCUT2D eigenvalue weighted by Crippen LogP contribution is 2.28. The number of Topliss-reactive ketones (excluding diaryl/α,β-unsaturated/α-hetero) is 1. The Morgan fingerprint density at radius 2 is 1.60 bits per heavy atom. The van der Waals surface area contributed by atoms with Crippen molar-refractivity contribution in [3.8, 4) is 11.5 Å². The first-order valence-electron chi connectivity index (χ1n) is 5.84. The van der Waals surface area contributed by atoms with Gasteiger partial charge in [-0.25, -0.2) is 0 Å². The van der Waals surface area contributed by atoms with Gasteiger partial charge in [0.15, 0.2) is 5.78 Å². The number of aliphatic carboxylic acids is 1. The van der Waals surface area contributed by atoms with Crippen molar-refractivity contribution in [2.24, 2.45) is 0 Å². The summed E-state index contributed by atoms with van der Waals surface area (Å²) >= 11 is 0. The number of rotatable bonds is 4. The summed E-state index contributed by atoms with van der Waals surface area (Å²) in [6.45, 7) is 0. The summed E-state index contributed by atoms with van der Waals surface area (Å²) in [6, 6.07) is 11.5. The zero-order chi connectivity index (χ0) is 14.7. The van der Waals surface area contributed by atoms with Gasteiger partial charge in [-0.15, -0.1) is 0 Å². The normalized spacial score (nSPS) is 11.8. The van der Waals surface area contributed by atoms with E-state index in [9.17, 15) is 24.9 Å². The highest BCUT2D eigenvalue weighted by Gasteiger charge is 2.30. The van der Waals surface area contributed by atoms with Gasteiger partial charge in [0, 0.05) is 6.07 Å². The lowest BCUT2D eigenvalue weighted by atomic mass is 9.90. The molecule has 0 spiro atoms. The zero-order valence-electron chi connectivity index (χ0n) is 10.4. The van der Waals surface area contributed by atoms with Gasteiger partial charge in [-0.2, -0.15) is 0 Å². The van der Waals surface area contributed by atoms with Crippen molar-refractivity contribution >= 4 is 11.8 Å². The summed E-state index contributed by atoms with van der Waals surface area (Å²) in [6.07, 6.45) is 0. The molecule has 102 valence electrons. The number of carboxylic acid groups (broad SMARTS) is 1. The average molecular weight is 272 g/mol. The van der Waals surface area contributed by atoms with Crippen LogP contribution in [-0.4, -0.2) is 27.1 Å². The fourth-order valence-electron chi connectivity index (χ4n) is 1.94. The van der Waals surface area contributed by atoms with E-state index < -0.39 is 23.4 Å². The quantitative estimate of drug-likeness (QED) is 0.585. The Kier molecular flexibility index (Phi) is 3.70. The lowest BCUT2D eigenvalue weighted by Crippen LogP contribution is -2.21. The van der Waals surface area contributed by atoms with Crippen LogP contribution >= 0.6 is 0 Å². The molecule has 0 saturated heterocycles. The summed E-state index contributed by atoms with van der Waals surface area (Å²) < 4.78 is 0. The minimum atomic E-state index is -1.40. The van der Waals surface area contributed by atoms with Crippen molar-refractivity contribution < 1.29 is 24.9 Å². The molecule has 5 nitrogen and oxygen atoms in total. The van der Waals surface area contributed by atoms with Crippen molar-refractivity contribution in [1.29, 1.82) is 0 Å². The van der Waals surface area contributed by atoms with E-state index in [1.54, 1.807) is 18.2 Å². The summed E-state index contributed by atoms with van der Waals surface area (Å²) in [5.41, 5.74) is 0.191. The van der Waals surface area contributed by atoms with E-state index >= 15 is 0 Å². The van der Waals surface area contributed by atoms with E-state index in [1.165, 1.54) is 24.3 Å².